The van der Waals surface area contributed by atoms with Crippen LogP contribution in [0, 0.1) is 6.92 Å². The highest BCUT2D eigenvalue weighted by molar-refractivity contribution is 5.90. The van der Waals surface area contributed by atoms with E-state index >= 15 is 0 Å². The zero-order valence-electron chi connectivity index (χ0n) is 16.4. The number of ether oxygens (including phenoxy) is 1. The van der Waals surface area contributed by atoms with Crippen molar-refractivity contribution in [2.24, 2.45) is 0 Å². The fraction of sp³-hybridized carbons (Fsp3) is 0.526. The number of rotatable bonds is 9. The van der Waals surface area contributed by atoms with Gasteiger partial charge < -0.3 is 19.4 Å². The Bertz CT molecular complexity index is 804. The van der Waals surface area contributed by atoms with Gasteiger partial charge >= 0.3 is 17.9 Å². The van der Waals surface area contributed by atoms with Crippen LogP contribution in [-0.4, -0.2) is 40.9 Å². The fourth-order valence-corrected chi connectivity index (χ4v) is 2.63. The third kappa shape index (κ3) is 5.35. The van der Waals surface area contributed by atoms with Gasteiger partial charge in [0.05, 0.1) is 12.8 Å². The van der Waals surface area contributed by atoms with Crippen LogP contribution in [-0.2, 0) is 0 Å². The van der Waals surface area contributed by atoms with E-state index in [1.165, 1.54) is 7.11 Å². The van der Waals surface area contributed by atoms with Crippen LogP contribution in [0.15, 0.2) is 27.4 Å². The van der Waals surface area contributed by atoms with Gasteiger partial charge in [0.1, 0.15) is 0 Å². The van der Waals surface area contributed by atoms with Gasteiger partial charge in [0, 0.05) is 18.8 Å². The molecule has 0 radical (unpaired) electrons. The minimum absolute atomic E-state index is 0.0995. The van der Waals surface area contributed by atoms with Crippen molar-refractivity contribution in [1.82, 2.24) is 14.7 Å². The molecule has 1 aromatic carbocycles. The molecule has 0 bridgehead atoms. The predicted octanol–water partition coefficient (Wildman–Crippen LogP) is 3.58. The molecule has 148 valence electrons. The molecule has 1 aromatic heterocycles. The molecule has 1 N–H and O–H groups in total. The number of carbonyl (C=O) groups is 1. The quantitative estimate of drug-likeness (QED) is 0.722. The molecule has 2 aromatic rings. The van der Waals surface area contributed by atoms with E-state index < -0.39 is 5.76 Å². The summed E-state index contributed by atoms with van der Waals surface area (Å²) in [5, 5.41) is 6.91. The van der Waals surface area contributed by atoms with Crippen LogP contribution in [0.3, 0.4) is 0 Å². The lowest BCUT2D eigenvalue weighted by Crippen LogP contribution is -2.36. The molecule has 0 aliphatic carbocycles. The summed E-state index contributed by atoms with van der Waals surface area (Å²) in [6.07, 6.45) is 3.94. The Balaban J connectivity index is 2.15. The SMILES string of the molecule is CCCCN(CCCC)C(=O)Nc1ccc(-n2nc(OC)oc2=O)cc1C. The van der Waals surface area contributed by atoms with Gasteiger partial charge in [-0.2, -0.15) is 4.68 Å². The van der Waals surface area contributed by atoms with E-state index in [-0.39, 0.29) is 12.1 Å². The Labute approximate surface area is 159 Å². The maximum absolute atomic E-state index is 12.6. The summed E-state index contributed by atoms with van der Waals surface area (Å²) in [4.78, 5) is 26.3. The number of aryl methyl sites for hydroxylation is 1. The van der Waals surface area contributed by atoms with Gasteiger partial charge in [-0.3, -0.25) is 0 Å². The summed E-state index contributed by atoms with van der Waals surface area (Å²) in [6.45, 7) is 7.57. The van der Waals surface area contributed by atoms with Gasteiger partial charge in [-0.05, 0) is 43.5 Å². The highest BCUT2D eigenvalue weighted by Gasteiger charge is 2.15. The third-order valence-corrected chi connectivity index (χ3v) is 4.25. The molecule has 0 spiro atoms. The van der Waals surface area contributed by atoms with Gasteiger partial charge in [-0.15, -0.1) is 0 Å². The summed E-state index contributed by atoms with van der Waals surface area (Å²) in [6, 6.07) is 5.12. The summed E-state index contributed by atoms with van der Waals surface area (Å²) >= 11 is 0. The van der Waals surface area contributed by atoms with Crippen LogP contribution in [0.2, 0.25) is 0 Å². The molecular formula is C19H28N4O4. The first-order valence-electron chi connectivity index (χ1n) is 9.31. The number of amides is 2. The number of methoxy groups -OCH3 is 1. The zero-order valence-corrected chi connectivity index (χ0v) is 16.4. The van der Waals surface area contributed by atoms with E-state index in [1.54, 1.807) is 18.2 Å². The van der Waals surface area contributed by atoms with Crippen LogP contribution < -0.4 is 15.8 Å². The minimum Gasteiger partial charge on any atom is -0.452 e. The molecule has 0 aliphatic heterocycles. The normalized spacial score (nSPS) is 10.7. The summed E-state index contributed by atoms with van der Waals surface area (Å²) in [7, 11) is 1.38. The monoisotopic (exact) mass is 376 g/mol. The van der Waals surface area contributed by atoms with Gasteiger partial charge in [0.15, 0.2) is 0 Å². The van der Waals surface area contributed by atoms with Crippen molar-refractivity contribution in [2.75, 3.05) is 25.5 Å². The first-order valence-corrected chi connectivity index (χ1v) is 9.31. The molecule has 2 rings (SSSR count). The standard InChI is InChI=1S/C19H28N4O4/c1-5-7-11-22(12-8-6-2)17(24)20-16-10-9-15(13-14(16)3)23-19(25)27-18(21-23)26-4/h9-10,13H,5-8,11-12H2,1-4H3,(H,20,24). The number of hydrogen-bond acceptors (Lipinski definition) is 5. The van der Waals surface area contributed by atoms with Crippen molar-refractivity contribution >= 4 is 11.7 Å². The average molecular weight is 376 g/mol. The van der Waals surface area contributed by atoms with E-state index in [4.69, 9.17) is 9.15 Å². The highest BCUT2D eigenvalue weighted by Crippen LogP contribution is 2.19. The largest absolute Gasteiger partial charge is 0.452 e. The molecule has 0 aliphatic rings. The molecule has 8 heteroatoms. The number of nitrogens with zero attached hydrogens (tertiary/aromatic N) is 3. The lowest BCUT2D eigenvalue weighted by atomic mass is 10.2. The van der Waals surface area contributed by atoms with Crippen molar-refractivity contribution in [3.63, 3.8) is 0 Å². The Morgan fingerprint density at radius 3 is 2.44 bits per heavy atom. The molecule has 0 saturated heterocycles. The lowest BCUT2D eigenvalue weighted by molar-refractivity contribution is 0.210. The van der Waals surface area contributed by atoms with Crippen LogP contribution >= 0.6 is 0 Å². The van der Waals surface area contributed by atoms with Gasteiger partial charge in [-0.25, -0.2) is 9.59 Å². The average Bonchev–Trinajstić information content (AvgIpc) is 3.04. The Kier molecular flexibility index (Phi) is 7.45. The molecular weight excluding hydrogens is 348 g/mol. The van der Waals surface area contributed by atoms with Gasteiger partial charge in [0.2, 0.25) is 0 Å². The highest BCUT2D eigenvalue weighted by atomic mass is 16.6. The minimum atomic E-state index is -0.631. The number of anilines is 1. The number of carbonyl (C=O) groups excluding carboxylic acids is 1. The van der Waals surface area contributed by atoms with Gasteiger partial charge in [0.25, 0.3) is 0 Å². The van der Waals surface area contributed by atoms with E-state index in [0.29, 0.717) is 11.4 Å². The number of benzene rings is 1. The van der Waals surface area contributed by atoms with Crippen LogP contribution in [0.5, 0.6) is 6.08 Å². The number of aromatic nitrogens is 2. The molecule has 8 nitrogen and oxygen atoms in total. The predicted molar refractivity (Wildman–Crippen MR) is 104 cm³/mol. The fourth-order valence-electron chi connectivity index (χ4n) is 2.63. The number of unbranched alkanes of at least 4 members (excludes halogenated alkanes) is 2. The second kappa shape index (κ2) is 9.80. The third-order valence-electron chi connectivity index (χ3n) is 4.25. The van der Waals surface area contributed by atoms with Crippen molar-refractivity contribution in [2.45, 2.75) is 46.5 Å². The molecule has 1 heterocycles. The summed E-state index contributed by atoms with van der Waals surface area (Å²) in [5.41, 5.74) is 2.06. The van der Waals surface area contributed by atoms with E-state index in [1.807, 2.05) is 11.8 Å². The maximum Gasteiger partial charge on any atom is 0.444 e. The number of nitrogens with one attached hydrogen (secondary N) is 1. The summed E-state index contributed by atoms with van der Waals surface area (Å²) < 4.78 is 10.8. The number of urea groups is 1. The van der Waals surface area contributed by atoms with Crippen molar-refractivity contribution < 1.29 is 13.9 Å². The molecule has 0 unspecified atom stereocenters. The Morgan fingerprint density at radius 1 is 1.26 bits per heavy atom. The van der Waals surface area contributed by atoms with E-state index in [2.05, 4.69) is 24.3 Å². The van der Waals surface area contributed by atoms with Crippen molar-refractivity contribution in [1.29, 1.82) is 0 Å². The van der Waals surface area contributed by atoms with Crippen molar-refractivity contribution in [3.05, 3.63) is 34.3 Å². The maximum atomic E-state index is 12.6. The van der Waals surface area contributed by atoms with E-state index in [9.17, 15) is 9.59 Å². The van der Waals surface area contributed by atoms with E-state index in [0.717, 1.165) is 49.0 Å². The molecule has 0 fully saturated rings. The van der Waals surface area contributed by atoms with Crippen LogP contribution in [0.4, 0.5) is 10.5 Å². The zero-order chi connectivity index (χ0) is 19.8. The first kappa shape index (κ1) is 20.5. The lowest BCUT2D eigenvalue weighted by Gasteiger charge is -2.23. The second-order valence-corrected chi connectivity index (χ2v) is 6.37. The molecule has 0 saturated carbocycles. The first-order chi connectivity index (χ1) is 13.0. The topological polar surface area (TPSA) is 89.6 Å². The van der Waals surface area contributed by atoms with Crippen LogP contribution in [0.1, 0.15) is 45.1 Å². The van der Waals surface area contributed by atoms with Gasteiger partial charge in [-0.1, -0.05) is 31.8 Å². The van der Waals surface area contributed by atoms with Crippen molar-refractivity contribution in [3.8, 4) is 11.8 Å². The Morgan fingerprint density at radius 2 is 1.93 bits per heavy atom. The molecule has 0 atom stereocenters. The second-order valence-electron chi connectivity index (χ2n) is 6.37. The van der Waals surface area contributed by atoms with Crippen LogP contribution in [0.25, 0.3) is 5.69 Å². The Hall–Kier alpha value is -2.77. The summed E-state index contributed by atoms with van der Waals surface area (Å²) in [5.74, 6) is -0.631. The smallest absolute Gasteiger partial charge is 0.444 e. The number of hydrogen-bond donors (Lipinski definition) is 1. The molecule has 27 heavy (non-hydrogen) atoms. The molecule has 2 amide bonds.